The summed E-state index contributed by atoms with van der Waals surface area (Å²) in [4.78, 5) is 11.7. The first-order chi connectivity index (χ1) is 7.15. The smallest absolute Gasteiger partial charge is 0.260 e. The summed E-state index contributed by atoms with van der Waals surface area (Å²) in [6, 6.07) is 0. The molecule has 82 valence electrons. The van der Waals surface area contributed by atoms with Gasteiger partial charge in [0.1, 0.15) is 4.88 Å². The molecule has 0 spiro atoms. The Morgan fingerprint density at radius 3 is 2.73 bits per heavy atom. The molecular weight excluding hydrogens is 228 g/mol. The Hall–Kier alpha value is -0.680. The SMILES string of the molecule is CCSc1sc(C(N)=O)c(N)c1C1CC1. The maximum Gasteiger partial charge on any atom is 0.260 e. The maximum atomic E-state index is 11.2. The molecule has 1 aromatic heterocycles. The Labute approximate surface area is 97.2 Å². The zero-order chi connectivity index (χ0) is 11.0. The highest BCUT2D eigenvalue weighted by Gasteiger charge is 2.32. The number of hydrogen-bond donors (Lipinski definition) is 2. The molecule has 15 heavy (non-hydrogen) atoms. The number of nitrogens with two attached hydrogens (primary N) is 2. The van der Waals surface area contributed by atoms with Crippen LogP contribution in [-0.4, -0.2) is 11.7 Å². The molecular formula is C10H14N2OS2. The molecule has 1 aliphatic carbocycles. The van der Waals surface area contributed by atoms with Crippen LogP contribution in [0, 0.1) is 0 Å². The Morgan fingerprint density at radius 1 is 1.60 bits per heavy atom. The lowest BCUT2D eigenvalue weighted by atomic mass is 10.1. The molecule has 0 aromatic carbocycles. The van der Waals surface area contributed by atoms with Crippen LogP contribution >= 0.6 is 23.1 Å². The van der Waals surface area contributed by atoms with Crippen molar-refractivity contribution in [1.29, 1.82) is 0 Å². The molecule has 5 heteroatoms. The van der Waals surface area contributed by atoms with Crippen LogP contribution in [-0.2, 0) is 0 Å². The highest BCUT2D eigenvalue weighted by Crippen LogP contribution is 2.51. The largest absolute Gasteiger partial charge is 0.397 e. The second-order valence-electron chi connectivity index (χ2n) is 3.62. The number of primary amides is 1. The van der Waals surface area contributed by atoms with Crippen LogP contribution in [0.4, 0.5) is 5.69 Å². The highest BCUT2D eigenvalue weighted by molar-refractivity contribution is 8.01. The molecule has 0 aliphatic heterocycles. The monoisotopic (exact) mass is 242 g/mol. The molecule has 3 nitrogen and oxygen atoms in total. The first-order valence-electron chi connectivity index (χ1n) is 4.99. The molecule has 1 aliphatic rings. The van der Waals surface area contributed by atoms with Crippen LogP contribution < -0.4 is 11.5 Å². The van der Waals surface area contributed by atoms with Crippen molar-refractivity contribution in [2.45, 2.75) is 29.9 Å². The number of amides is 1. The van der Waals surface area contributed by atoms with Crippen LogP contribution in [0.3, 0.4) is 0 Å². The summed E-state index contributed by atoms with van der Waals surface area (Å²) in [5.41, 5.74) is 13.1. The van der Waals surface area contributed by atoms with Gasteiger partial charge in [0.05, 0.1) is 9.90 Å². The van der Waals surface area contributed by atoms with Gasteiger partial charge < -0.3 is 11.5 Å². The van der Waals surface area contributed by atoms with Crippen molar-refractivity contribution in [3.05, 3.63) is 10.4 Å². The Kier molecular flexibility index (Phi) is 2.93. The lowest BCUT2D eigenvalue weighted by molar-refractivity contribution is 0.100. The lowest BCUT2D eigenvalue weighted by Crippen LogP contribution is -2.11. The first-order valence-corrected chi connectivity index (χ1v) is 6.80. The first kappa shape index (κ1) is 10.8. The number of nitrogen functional groups attached to an aromatic ring is 1. The second-order valence-corrected chi connectivity index (χ2v) is 6.17. The van der Waals surface area contributed by atoms with Gasteiger partial charge in [-0.1, -0.05) is 6.92 Å². The van der Waals surface area contributed by atoms with Gasteiger partial charge in [0, 0.05) is 5.56 Å². The molecule has 4 N–H and O–H groups in total. The van der Waals surface area contributed by atoms with E-state index < -0.39 is 5.91 Å². The van der Waals surface area contributed by atoms with Crippen molar-refractivity contribution in [2.75, 3.05) is 11.5 Å². The molecule has 0 atom stereocenters. The van der Waals surface area contributed by atoms with Gasteiger partial charge >= 0.3 is 0 Å². The molecule has 0 saturated heterocycles. The number of thiophene rings is 1. The molecule has 0 unspecified atom stereocenters. The standard InChI is InChI=1S/C10H14N2OS2/c1-2-14-10-6(5-3-4-5)7(11)8(15-10)9(12)13/h5H,2-4,11H2,1H3,(H2,12,13). The van der Waals surface area contributed by atoms with Gasteiger partial charge in [0.15, 0.2) is 0 Å². The predicted molar refractivity (Wildman–Crippen MR) is 65.6 cm³/mol. The van der Waals surface area contributed by atoms with Crippen LogP contribution in [0.5, 0.6) is 0 Å². The van der Waals surface area contributed by atoms with Gasteiger partial charge in [-0.15, -0.1) is 23.1 Å². The van der Waals surface area contributed by atoms with Crippen molar-refractivity contribution in [2.24, 2.45) is 5.73 Å². The van der Waals surface area contributed by atoms with E-state index in [0.717, 1.165) is 5.75 Å². The second kappa shape index (κ2) is 4.06. The minimum Gasteiger partial charge on any atom is -0.397 e. The van der Waals surface area contributed by atoms with Gasteiger partial charge in [-0.05, 0) is 24.5 Å². The summed E-state index contributed by atoms with van der Waals surface area (Å²) in [6.07, 6.45) is 2.38. The van der Waals surface area contributed by atoms with E-state index in [2.05, 4.69) is 6.92 Å². The van der Waals surface area contributed by atoms with E-state index in [9.17, 15) is 4.79 Å². The van der Waals surface area contributed by atoms with Crippen LogP contribution in [0.2, 0.25) is 0 Å². The minimum absolute atomic E-state index is 0.401. The molecule has 1 amide bonds. The van der Waals surface area contributed by atoms with E-state index in [4.69, 9.17) is 11.5 Å². The molecule has 1 heterocycles. The number of thioether (sulfide) groups is 1. The average molecular weight is 242 g/mol. The van der Waals surface area contributed by atoms with Crippen LogP contribution in [0.15, 0.2) is 4.21 Å². The molecule has 0 bridgehead atoms. The van der Waals surface area contributed by atoms with E-state index in [0.29, 0.717) is 16.5 Å². The van der Waals surface area contributed by atoms with E-state index in [1.807, 2.05) is 0 Å². The third kappa shape index (κ3) is 1.99. The fourth-order valence-corrected chi connectivity index (χ4v) is 4.04. The average Bonchev–Trinajstić information content (AvgIpc) is 2.93. The summed E-state index contributed by atoms with van der Waals surface area (Å²) in [5.74, 6) is 1.17. The van der Waals surface area contributed by atoms with Crippen molar-refractivity contribution < 1.29 is 4.79 Å². The Balaban J connectivity index is 2.43. The van der Waals surface area contributed by atoms with E-state index >= 15 is 0 Å². The Morgan fingerprint density at radius 2 is 2.27 bits per heavy atom. The van der Waals surface area contributed by atoms with E-state index in [1.54, 1.807) is 11.8 Å². The van der Waals surface area contributed by atoms with E-state index in [1.165, 1.54) is 34.0 Å². The van der Waals surface area contributed by atoms with Crippen molar-refractivity contribution >= 4 is 34.7 Å². The number of rotatable bonds is 4. The van der Waals surface area contributed by atoms with Gasteiger partial charge in [-0.25, -0.2) is 0 Å². The third-order valence-electron chi connectivity index (χ3n) is 2.43. The zero-order valence-electron chi connectivity index (χ0n) is 8.58. The van der Waals surface area contributed by atoms with Crippen molar-refractivity contribution in [3.63, 3.8) is 0 Å². The number of carbonyl (C=O) groups is 1. The van der Waals surface area contributed by atoms with Gasteiger partial charge in [0.25, 0.3) is 5.91 Å². The molecule has 0 radical (unpaired) electrons. The van der Waals surface area contributed by atoms with Gasteiger partial charge in [-0.3, -0.25) is 4.79 Å². The molecule has 1 fully saturated rings. The fraction of sp³-hybridized carbons (Fsp3) is 0.500. The quantitative estimate of drug-likeness (QED) is 0.797. The normalized spacial score (nSPS) is 15.5. The topological polar surface area (TPSA) is 69.1 Å². The summed E-state index contributed by atoms with van der Waals surface area (Å²) >= 11 is 3.20. The minimum atomic E-state index is -0.401. The van der Waals surface area contributed by atoms with Crippen LogP contribution in [0.1, 0.15) is 40.9 Å². The predicted octanol–water partition coefficient (Wildman–Crippen LogP) is 2.42. The van der Waals surface area contributed by atoms with Gasteiger partial charge in [-0.2, -0.15) is 0 Å². The van der Waals surface area contributed by atoms with Crippen molar-refractivity contribution in [3.8, 4) is 0 Å². The summed E-state index contributed by atoms with van der Waals surface area (Å²) in [6.45, 7) is 2.10. The zero-order valence-corrected chi connectivity index (χ0v) is 10.2. The highest BCUT2D eigenvalue weighted by atomic mass is 32.2. The number of anilines is 1. The van der Waals surface area contributed by atoms with Crippen molar-refractivity contribution in [1.82, 2.24) is 0 Å². The lowest BCUT2D eigenvalue weighted by Gasteiger charge is -2.00. The maximum absolute atomic E-state index is 11.2. The third-order valence-corrected chi connectivity index (χ3v) is 4.84. The van der Waals surface area contributed by atoms with E-state index in [-0.39, 0.29) is 0 Å². The number of hydrogen-bond acceptors (Lipinski definition) is 4. The molecule has 1 saturated carbocycles. The molecule has 1 aromatic rings. The summed E-state index contributed by atoms with van der Waals surface area (Å²) in [5, 5.41) is 0. The Bertz CT molecular complexity index is 396. The summed E-state index contributed by atoms with van der Waals surface area (Å²) < 4.78 is 1.19. The summed E-state index contributed by atoms with van der Waals surface area (Å²) in [7, 11) is 0. The number of carbonyl (C=O) groups excluding carboxylic acids is 1. The van der Waals surface area contributed by atoms with Crippen LogP contribution in [0.25, 0.3) is 0 Å². The van der Waals surface area contributed by atoms with Gasteiger partial charge in [0.2, 0.25) is 0 Å². The fourth-order valence-electron chi connectivity index (χ4n) is 1.61. The molecule has 2 rings (SSSR count).